The summed E-state index contributed by atoms with van der Waals surface area (Å²) in [7, 11) is 0. The average molecular weight is 637 g/mol. The minimum Gasteiger partial charge on any atom is -0.444 e. The highest BCUT2D eigenvalue weighted by Crippen LogP contribution is 2.30. The topological polar surface area (TPSA) is 162 Å². The molecule has 3 atom stereocenters. The molecular weight excluding hydrogens is 599 g/mol. The summed E-state index contributed by atoms with van der Waals surface area (Å²) in [6, 6.07) is 7.21. The Balaban J connectivity index is 1.16. The van der Waals surface area contributed by atoms with Crippen LogP contribution in [0.1, 0.15) is 40.3 Å². The number of aromatic nitrogens is 4. The van der Waals surface area contributed by atoms with Gasteiger partial charge in [-0.15, -0.1) is 5.10 Å². The molecule has 14 nitrogen and oxygen atoms in total. The van der Waals surface area contributed by atoms with E-state index in [2.05, 4.69) is 31.4 Å². The van der Waals surface area contributed by atoms with Gasteiger partial charge in [0.1, 0.15) is 29.7 Å². The molecule has 15 heteroatoms. The van der Waals surface area contributed by atoms with Crippen molar-refractivity contribution in [1.82, 2.24) is 36.1 Å². The zero-order valence-corrected chi connectivity index (χ0v) is 26.2. The number of carbonyl (C=O) groups excluding carboxylic acids is 3. The summed E-state index contributed by atoms with van der Waals surface area (Å²) in [5, 5.41) is 13.1. The molecule has 4 heterocycles. The van der Waals surface area contributed by atoms with Crippen molar-refractivity contribution in [3.8, 4) is 11.1 Å². The highest BCUT2D eigenvalue weighted by atomic mass is 19.1. The maximum atomic E-state index is 15.2. The standard InChI is InChI=1S/C31H37FN8O6/c1-18(2)27(36-29(42)45-31(3,4)5)28(41)34-15-21-13-26(37-46-21)25-9-6-19(14-33-25)23-8-7-20(12-24(23)32)40-17-22(44-30(40)43)16-39-11-10-35-38-39/h6-14,18,21-22,27,37H,15-17H2,1-5H3,(H,34,41)(H,36,42)/t21-,22-,27+/m0/s1. The third-order valence-corrected chi connectivity index (χ3v) is 7.12. The van der Waals surface area contributed by atoms with Crippen LogP contribution in [0.2, 0.25) is 0 Å². The number of nitrogens with one attached hydrogen (secondary N) is 3. The number of hydroxylamine groups is 1. The molecule has 0 radical (unpaired) electrons. The Kier molecular flexibility index (Phi) is 9.51. The Morgan fingerprint density at radius 1 is 1.22 bits per heavy atom. The molecule has 2 aliphatic rings. The van der Waals surface area contributed by atoms with E-state index in [0.29, 0.717) is 34.8 Å². The van der Waals surface area contributed by atoms with Crippen LogP contribution in [0, 0.1) is 11.7 Å². The smallest absolute Gasteiger partial charge is 0.414 e. The second-order valence-electron chi connectivity index (χ2n) is 12.3. The summed E-state index contributed by atoms with van der Waals surface area (Å²) in [6.07, 6.45) is 4.37. The fourth-order valence-corrected chi connectivity index (χ4v) is 4.90. The number of amides is 3. The zero-order valence-electron chi connectivity index (χ0n) is 26.2. The highest BCUT2D eigenvalue weighted by Gasteiger charge is 2.33. The predicted molar refractivity (Wildman–Crippen MR) is 164 cm³/mol. The number of alkyl carbamates (subject to hydrolysis) is 1. The van der Waals surface area contributed by atoms with Crippen LogP contribution in [-0.2, 0) is 25.7 Å². The van der Waals surface area contributed by atoms with Gasteiger partial charge in [0.2, 0.25) is 5.91 Å². The summed E-state index contributed by atoms with van der Waals surface area (Å²) in [4.78, 5) is 48.9. The Labute approximate surface area is 265 Å². The second-order valence-corrected chi connectivity index (χ2v) is 12.3. The van der Waals surface area contributed by atoms with Crippen molar-refractivity contribution >= 4 is 29.5 Å². The first-order valence-electron chi connectivity index (χ1n) is 14.9. The SMILES string of the molecule is CC(C)[C@@H](NC(=O)OC(C)(C)C)C(=O)NC[C@@H]1C=C(c2ccc(-c3ccc(N4C[C@H](Cn5ccnn5)OC4=O)cc3F)cn2)NO1. The molecule has 1 aromatic carbocycles. The number of benzene rings is 1. The first-order chi connectivity index (χ1) is 21.9. The van der Waals surface area contributed by atoms with E-state index < -0.39 is 41.9 Å². The summed E-state index contributed by atoms with van der Waals surface area (Å²) >= 11 is 0. The minimum absolute atomic E-state index is 0.149. The first-order valence-corrected chi connectivity index (χ1v) is 14.9. The number of halogens is 1. The van der Waals surface area contributed by atoms with E-state index in [-0.39, 0.29) is 24.9 Å². The lowest BCUT2D eigenvalue weighted by Gasteiger charge is -2.25. The molecule has 1 fully saturated rings. The van der Waals surface area contributed by atoms with Crippen LogP contribution in [-0.4, -0.2) is 75.0 Å². The van der Waals surface area contributed by atoms with Crippen molar-refractivity contribution in [2.75, 3.05) is 18.0 Å². The summed E-state index contributed by atoms with van der Waals surface area (Å²) in [5.41, 5.74) is 4.51. The van der Waals surface area contributed by atoms with Gasteiger partial charge in [-0.2, -0.15) is 0 Å². The predicted octanol–water partition coefficient (Wildman–Crippen LogP) is 3.41. The van der Waals surface area contributed by atoms with E-state index in [1.807, 2.05) is 13.8 Å². The number of nitrogens with zero attached hydrogens (tertiary/aromatic N) is 5. The van der Waals surface area contributed by atoms with Crippen molar-refractivity contribution in [3.05, 3.63) is 66.5 Å². The minimum atomic E-state index is -0.789. The third-order valence-electron chi connectivity index (χ3n) is 7.12. The van der Waals surface area contributed by atoms with Crippen LogP contribution in [0.15, 0.2) is 55.0 Å². The van der Waals surface area contributed by atoms with E-state index >= 15 is 4.39 Å². The molecule has 244 valence electrons. The lowest BCUT2D eigenvalue weighted by Crippen LogP contribution is -2.51. The summed E-state index contributed by atoms with van der Waals surface area (Å²) in [6.45, 7) is 9.64. The van der Waals surface area contributed by atoms with E-state index in [4.69, 9.17) is 14.3 Å². The van der Waals surface area contributed by atoms with Gasteiger partial charge in [-0.05, 0) is 57.0 Å². The molecule has 5 rings (SSSR count). The van der Waals surface area contributed by atoms with Crippen molar-refractivity contribution in [2.45, 2.75) is 65.0 Å². The van der Waals surface area contributed by atoms with E-state index in [1.54, 1.807) is 68.2 Å². The van der Waals surface area contributed by atoms with Gasteiger partial charge < -0.3 is 20.1 Å². The quantitative estimate of drug-likeness (QED) is 0.301. The number of cyclic esters (lactones) is 1. The normalized spacial score (nSPS) is 18.5. The summed E-state index contributed by atoms with van der Waals surface area (Å²) < 4.78 is 27.5. The van der Waals surface area contributed by atoms with Gasteiger partial charge in [-0.25, -0.2) is 18.7 Å². The molecule has 0 aliphatic carbocycles. The molecule has 46 heavy (non-hydrogen) atoms. The van der Waals surface area contributed by atoms with Gasteiger partial charge in [-0.1, -0.05) is 25.1 Å². The molecule has 2 aromatic heterocycles. The lowest BCUT2D eigenvalue weighted by molar-refractivity contribution is -0.124. The molecule has 0 unspecified atom stereocenters. The number of carbonyl (C=O) groups is 3. The van der Waals surface area contributed by atoms with Gasteiger partial charge in [0, 0.05) is 23.5 Å². The largest absolute Gasteiger partial charge is 0.444 e. The summed E-state index contributed by atoms with van der Waals surface area (Å²) in [5.74, 6) is -1.06. The van der Waals surface area contributed by atoms with Crippen LogP contribution in [0.5, 0.6) is 0 Å². The lowest BCUT2D eigenvalue weighted by atomic mass is 10.0. The van der Waals surface area contributed by atoms with Gasteiger partial charge >= 0.3 is 12.2 Å². The van der Waals surface area contributed by atoms with Crippen LogP contribution in [0.4, 0.5) is 19.7 Å². The van der Waals surface area contributed by atoms with Crippen LogP contribution in [0.3, 0.4) is 0 Å². The number of pyridine rings is 1. The molecule has 0 bridgehead atoms. The number of rotatable bonds is 10. The third kappa shape index (κ3) is 7.96. The fourth-order valence-electron chi connectivity index (χ4n) is 4.90. The Morgan fingerprint density at radius 2 is 2.02 bits per heavy atom. The number of hydrogen-bond acceptors (Lipinski definition) is 10. The molecule has 3 aromatic rings. The Hall–Kier alpha value is -5.05. The highest BCUT2D eigenvalue weighted by molar-refractivity contribution is 5.90. The average Bonchev–Trinajstić information content (AvgIpc) is 3.76. The molecule has 1 saturated heterocycles. The van der Waals surface area contributed by atoms with E-state index in [0.717, 1.165) is 0 Å². The van der Waals surface area contributed by atoms with Crippen LogP contribution >= 0.6 is 0 Å². The maximum absolute atomic E-state index is 15.2. The molecule has 2 aliphatic heterocycles. The monoisotopic (exact) mass is 636 g/mol. The van der Waals surface area contributed by atoms with Gasteiger partial charge in [0.05, 0.1) is 42.9 Å². The van der Waals surface area contributed by atoms with Crippen molar-refractivity contribution in [2.24, 2.45) is 5.92 Å². The molecule has 3 N–H and O–H groups in total. The maximum Gasteiger partial charge on any atom is 0.414 e. The Bertz CT molecular complexity index is 1590. The molecular formula is C31H37FN8O6. The van der Waals surface area contributed by atoms with Crippen LogP contribution < -0.4 is 21.0 Å². The van der Waals surface area contributed by atoms with Gasteiger partial charge in [0.15, 0.2) is 0 Å². The number of ether oxygens (including phenoxy) is 2. The van der Waals surface area contributed by atoms with Gasteiger partial charge in [0.25, 0.3) is 0 Å². The van der Waals surface area contributed by atoms with Crippen molar-refractivity contribution in [1.29, 1.82) is 0 Å². The zero-order chi connectivity index (χ0) is 33.0. The Morgan fingerprint density at radius 3 is 2.67 bits per heavy atom. The van der Waals surface area contributed by atoms with Crippen LogP contribution in [0.25, 0.3) is 16.8 Å². The van der Waals surface area contributed by atoms with Crippen molar-refractivity contribution < 1.29 is 33.1 Å². The van der Waals surface area contributed by atoms with Gasteiger partial charge in [-0.3, -0.25) is 25.0 Å². The van der Waals surface area contributed by atoms with E-state index in [1.165, 1.54) is 17.2 Å². The second kappa shape index (κ2) is 13.5. The van der Waals surface area contributed by atoms with E-state index in [9.17, 15) is 14.4 Å². The first kappa shape index (κ1) is 32.3. The molecule has 0 saturated carbocycles. The number of anilines is 1. The molecule has 3 amide bonds. The van der Waals surface area contributed by atoms with Crippen molar-refractivity contribution in [3.63, 3.8) is 0 Å². The fraction of sp³-hybridized carbons (Fsp3) is 0.419. The molecule has 0 spiro atoms. The number of hydrogen-bond donors (Lipinski definition) is 3.